The van der Waals surface area contributed by atoms with Gasteiger partial charge in [0.2, 0.25) is 0 Å². The third-order valence-corrected chi connectivity index (χ3v) is 3.73. The van der Waals surface area contributed by atoms with Gasteiger partial charge in [-0.15, -0.1) is 0 Å². The van der Waals surface area contributed by atoms with Crippen LogP contribution in [-0.2, 0) is 0 Å². The van der Waals surface area contributed by atoms with Crippen LogP contribution in [0.15, 0.2) is 4.99 Å². The van der Waals surface area contributed by atoms with E-state index in [4.69, 9.17) is 0 Å². The zero-order valence-corrected chi connectivity index (χ0v) is 12.7. The van der Waals surface area contributed by atoms with Crippen LogP contribution in [0.3, 0.4) is 0 Å². The molecule has 4 nitrogen and oxygen atoms in total. The summed E-state index contributed by atoms with van der Waals surface area (Å²) in [7, 11) is 0. The standard InChI is InChI=1S/C15H31N3O/c1-3-5-9-12-17-14(16-4-2)18-13-15(19)10-7-6-8-11-15/h19H,3-13H2,1-2H3,(H2,16,17,18). The molecule has 0 radical (unpaired) electrons. The predicted octanol–water partition coefficient (Wildman–Crippen LogP) is 2.43. The molecule has 0 aromatic rings. The second-order valence-electron chi connectivity index (χ2n) is 5.61. The molecule has 1 saturated carbocycles. The van der Waals surface area contributed by atoms with Crippen molar-refractivity contribution in [3.63, 3.8) is 0 Å². The van der Waals surface area contributed by atoms with E-state index in [1.165, 1.54) is 25.7 Å². The summed E-state index contributed by atoms with van der Waals surface area (Å²) in [5, 5.41) is 17.0. The van der Waals surface area contributed by atoms with Crippen molar-refractivity contribution in [2.24, 2.45) is 4.99 Å². The van der Waals surface area contributed by atoms with E-state index in [9.17, 15) is 5.11 Å². The molecule has 1 aliphatic rings. The molecule has 1 aliphatic carbocycles. The number of aliphatic hydroxyl groups is 1. The van der Waals surface area contributed by atoms with Gasteiger partial charge < -0.3 is 15.7 Å². The van der Waals surface area contributed by atoms with Gasteiger partial charge in [-0.25, -0.2) is 0 Å². The number of nitrogens with zero attached hydrogens (tertiary/aromatic N) is 1. The number of hydrogen-bond acceptors (Lipinski definition) is 2. The molecule has 1 fully saturated rings. The molecule has 0 bridgehead atoms. The van der Waals surface area contributed by atoms with Crippen LogP contribution in [0.1, 0.15) is 65.2 Å². The minimum atomic E-state index is -0.565. The molecule has 19 heavy (non-hydrogen) atoms. The molecule has 112 valence electrons. The van der Waals surface area contributed by atoms with E-state index < -0.39 is 5.60 Å². The van der Waals surface area contributed by atoms with Crippen LogP contribution in [0.25, 0.3) is 0 Å². The first kappa shape index (κ1) is 16.3. The van der Waals surface area contributed by atoms with Crippen molar-refractivity contribution >= 4 is 5.96 Å². The third kappa shape index (κ3) is 6.81. The molecule has 0 saturated heterocycles. The van der Waals surface area contributed by atoms with Crippen LogP contribution < -0.4 is 10.6 Å². The Labute approximate surface area is 118 Å². The van der Waals surface area contributed by atoms with Crippen molar-refractivity contribution in [1.82, 2.24) is 10.6 Å². The molecular weight excluding hydrogens is 238 g/mol. The highest BCUT2D eigenvalue weighted by Gasteiger charge is 2.28. The molecule has 0 aromatic heterocycles. The highest BCUT2D eigenvalue weighted by atomic mass is 16.3. The van der Waals surface area contributed by atoms with Crippen LogP contribution in [0.2, 0.25) is 0 Å². The normalized spacial score (nSPS) is 19.2. The molecule has 1 rings (SSSR count). The van der Waals surface area contributed by atoms with Gasteiger partial charge in [-0.3, -0.25) is 4.99 Å². The predicted molar refractivity (Wildman–Crippen MR) is 81.5 cm³/mol. The fourth-order valence-corrected chi connectivity index (χ4v) is 2.52. The van der Waals surface area contributed by atoms with Gasteiger partial charge >= 0.3 is 0 Å². The lowest BCUT2D eigenvalue weighted by atomic mass is 9.85. The molecule has 3 N–H and O–H groups in total. The number of guanidine groups is 1. The maximum atomic E-state index is 10.4. The number of nitrogens with one attached hydrogen (secondary N) is 2. The Morgan fingerprint density at radius 1 is 1.11 bits per heavy atom. The van der Waals surface area contributed by atoms with Gasteiger partial charge in [0.1, 0.15) is 0 Å². The topological polar surface area (TPSA) is 56.7 Å². The number of aliphatic imine (C=N–C) groups is 1. The first-order valence-corrected chi connectivity index (χ1v) is 7.95. The van der Waals surface area contributed by atoms with Crippen molar-refractivity contribution in [3.05, 3.63) is 0 Å². The zero-order valence-electron chi connectivity index (χ0n) is 12.7. The highest BCUT2D eigenvalue weighted by molar-refractivity contribution is 5.79. The summed E-state index contributed by atoms with van der Waals surface area (Å²) in [6.07, 6.45) is 8.95. The van der Waals surface area contributed by atoms with Gasteiger partial charge in [0.25, 0.3) is 0 Å². The fourth-order valence-electron chi connectivity index (χ4n) is 2.52. The summed E-state index contributed by atoms with van der Waals surface area (Å²) < 4.78 is 0. The zero-order chi connectivity index (χ0) is 14.0. The van der Waals surface area contributed by atoms with Gasteiger partial charge in [-0.05, 0) is 26.2 Å². The van der Waals surface area contributed by atoms with Gasteiger partial charge in [0.15, 0.2) is 5.96 Å². The average molecular weight is 269 g/mol. The Kier molecular flexibility index (Phi) is 7.87. The Morgan fingerprint density at radius 3 is 2.47 bits per heavy atom. The quantitative estimate of drug-likeness (QED) is 0.378. The first-order chi connectivity index (χ1) is 9.20. The number of rotatable bonds is 7. The molecule has 0 unspecified atom stereocenters. The van der Waals surface area contributed by atoms with E-state index in [0.29, 0.717) is 6.54 Å². The van der Waals surface area contributed by atoms with Crippen LogP contribution in [0.5, 0.6) is 0 Å². The molecule has 0 amide bonds. The smallest absolute Gasteiger partial charge is 0.191 e. The van der Waals surface area contributed by atoms with E-state index in [-0.39, 0.29) is 0 Å². The second-order valence-corrected chi connectivity index (χ2v) is 5.61. The van der Waals surface area contributed by atoms with E-state index >= 15 is 0 Å². The lowest BCUT2D eigenvalue weighted by molar-refractivity contribution is 0.0131. The average Bonchev–Trinajstić information content (AvgIpc) is 2.42. The Hall–Kier alpha value is -0.770. The minimum absolute atomic E-state index is 0.524. The number of hydrogen-bond donors (Lipinski definition) is 3. The summed E-state index contributed by atoms with van der Waals surface area (Å²) in [4.78, 5) is 4.55. The van der Waals surface area contributed by atoms with Gasteiger partial charge in [-0.1, -0.05) is 39.0 Å². The van der Waals surface area contributed by atoms with Crippen molar-refractivity contribution in [3.8, 4) is 0 Å². The van der Waals surface area contributed by atoms with Crippen molar-refractivity contribution in [2.45, 2.75) is 70.8 Å². The molecule has 4 heteroatoms. The Morgan fingerprint density at radius 2 is 1.84 bits per heavy atom. The maximum absolute atomic E-state index is 10.4. The molecule has 0 heterocycles. The second kappa shape index (κ2) is 9.18. The summed E-state index contributed by atoms with van der Waals surface area (Å²) in [5.41, 5.74) is -0.565. The molecule has 0 aromatic carbocycles. The summed E-state index contributed by atoms with van der Waals surface area (Å²) in [6.45, 7) is 6.61. The minimum Gasteiger partial charge on any atom is -0.388 e. The maximum Gasteiger partial charge on any atom is 0.191 e. The van der Waals surface area contributed by atoms with E-state index in [0.717, 1.165) is 44.7 Å². The molecule has 0 atom stereocenters. The van der Waals surface area contributed by atoms with Gasteiger partial charge in [0, 0.05) is 13.1 Å². The van der Waals surface area contributed by atoms with Crippen LogP contribution >= 0.6 is 0 Å². The van der Waals surface area contributed by atoms with E-state index in [1.54, 1.807) is 0 Å². The Balaban J connectivity index is 2.38. The molecular formula is C15H31N3O. The van der Waals surface area contributed by atoms with E-state index in [2.05, 4.69) is 29.5 Å². The lowest BCUT2D eigenvalue weighted by Crippen LogP contribution is -2.41. The molecule has 0 spiro atoms. The van der Waals surface area contributed by atoms with Crippen molar-refractivity contribution in [1.29, 1.82) is 0 Å². The summed E-state index contributed by atoms with van der Waals surface area (Å²) in [5.74, 6) is 0.845. The lowest BCUT2D eigenvalue weighted by Gasteiger charge is -2.30. The summed E-state index contributed by atoms with van der Waals surface area (Å²) >= 11 is 0. The monoisotopic (exact) mass is 269 g/mol. The van der Waals surface area contributed by atoms with Crippen LogP contribution in [-0.4, -0.2) is 36.3 Å². The molecule has 0 aliphatic heterocycles. The van der Waals surface area contributed by atoms with Crippen molar-refractivity contribution < 1.29 is 5.11 Å². The summed E-state index contributed by atoms with van der Waals surface area (Å²) in [6, 6.07) is 0. The Bertz CT molecular complexity index is 260. The first-order valence-electron chi connectivity index (χ1n) is 7.95. The largest absolute Gasteiger partial charge is 0.388 e. The number of unbranched alkanes of at least 4 members (excludes halogenated alkanes) is 2. The highest BCUT2D eigenvalue weighted by Crippen LogP contribution is 2.28. The van der Waals surface area contributed by atoms with Crippen LogP contribution in [0, 0.1) is 0 Å². The van der Waals surface area contributed by atoms with Gasteiger partial charge in [-0.2, -0.15) is 0 Å². The SMILES string of the molecule is CCCCCNC(=NCC1(O)CCCCC1)NCC. The van der Waals surface area contributed by atoms with Crippen LogP contribution in [0.4, 0.5) is 0 Å². The van der Waals surface area contributed by atoms with Crippen molar-refractivity contribution in [2.75, 3.05) is 19.6 Å². The van der Waals surface area contributed by atoms with E-state index in [1.807, 2.05) is 0 Å². The third-order valence-electron chi connectivity index (χ3n) is 3.73. The fraction of sp³-hybridized carbons (Fsp3) is 0.933. The van der Waals surface area contributed by atoms with Gasteiger partial charge in [0.05, 0.1) is 12.1 Å².